The first-order valence-electron chi connectivity index (χ1n) is 9.01. The highest BCUT2D eigenvalue weighted by atomic mass is 79.9. The second kappa shape index (κ2) is 7.98. The SMILES string of the molecule is COc1ccc(C2=NN(C(=O)c3ccc(Br)cc3)[C@H](c3ccccc3)C2)cc1. The van der Waals surface area contributed by atoms with E-state index < -0.39 is 0 Å². The lowest BCUT2D eigenvalue weighted by atomic mass is 9.98. The van der Waals surface area contributed by atoms with Gasteiger partial charge in [0.25, 0.3) is 5.91 Å². The van der Waals surface area contributed by atoms with Gasteiger partial charge in [0.1, 0.15) is 5.75 Å². The zero-order chi connectivity index (χ0) is 19.5. The molecule has 0 aliphatic carbocycles. The predicted octanol–water partition coefficient (Wildman–Crippen LogP) is 5.45. The summed E-state index contributed by atoms with van der Waals surface area (Å²) >= 11 is 3.42. The molecule has 1 aliphatic rings. The molecular weight excluding hydrogens is 416 g/mol. The summed E-state index contributed by atoms with van der Waals surface area (Å²) in [5.74, 6) is 0.689. The number of ether oxygens (including phenoxy) is 1. The molecule has 0 unspecified atom stereocenters. The second-order valence-corrected chi connectivity index (χ2v) is 7.48. The Bertz CT molecular complexity index is 999. The third kappa shape index (κ3) is 3.71. The Morgan fingerprint density at radius 3 is 2.32 bits per heavy atom. The number of methoxy groups -OCH3 is 1. The Hall–Kier alpha value is -2.92. The predicted molar refractivity (Wildman–Crippen MR) is 114 cm³/mol. The molecule has 3 aromatic rings. The van der Waals surface area contributed by atoms with Crippen LogP contribution in [0, 0.1) is 0 Å². The minimum atomic E-state index is -0.130. The standard InChI is InChI=1S/C23H19BrN2O2/c1-28-20-13-9-16(10-14-20)21-15-22(17-5-3-2-4-6-17)26(25-21)23(27)18-7-11-19(24)12-8-18/h2-14,22H,15H2,1H3/t22-/m0/s1. The lowest BCUT2D eigenvalue weighted by Gasteiger charge is -2.22. The fourth-order valence-electron chi connectivity index (χ4n) is 3.32. The molecule has 0 saturated carbocycles. The Kier molecular flexibility index (Phi) is 5.26. The largest absolute Gasteiger partial charge is 0.497 e. The normalized spacial score (nSPS) is 16.0. The molecule has 0 N–H and O–H groups in total. The molecule has 3 aromatic carbocycles. The molecule has 1 heterocycles. The van der Waals surface area contributed by atoms with E-state index in [1.54, 1.807) is 12.1 Å². The van der Waals surface area contributed by atoms with Crippen LogP contribution >= 0.6 is 15.9 Å². The maximum absolute atomic E-state index is 13.2. The molecule has 1 amide bonds. The van der Waals surface area contributed by atoms with Crippen LogP contribution in [0.25, 0.3) is 0 Å². The molecule has 0 radical (unpaired) electrons. The molecule has 140 valence electrons. The Balaban J connectivity index is 1.70. The molecule has 0 saturated heterocycles. The molecule has 4 nitrogen and oxygen atoms in total. The van der Waals surface area contributed by atoms with Gasteiger partial charge in [-0.25, -0.2) is 5.01 Å². The summed E-state index contributed by atoms with van der Waals surface area (Å²) in [4.78, 5) is 13.2. The minimum Gasteiger partial charge on any atom is -0.497 e. The lowest BCUT2D eigenvalue weighted by molar-refractivity contribution is 0.0711. The number of hydrogen-bond donors (Lipinski definition) is 0. The number of nitrogens with zero attached hydrogens (tertiary/aromatic N) is 2. The van der Waals surface area contributed by atoms with Gasteiger partial charge < -0.3 is 4.74 Å². The molecule has 1 aliphatic heterocycles. The second-order valence-electron chi connectivity index (χ2n) is 6.56. The summed E-state index contributed by atoms with van der Waals surface area (Å²) in [5, 5.41) is 6.33. The zero-order valence-electron chi connectivity index (χ0n) is 15.4. The van der Waals surface area contributed by atoms with Crippen LogP contribution in [0.1, 0.15) is 33.9 Å². The molecule has 28 heavy (non-hydrogen) atoms. The Morgan fingerprint density at radius 1 is 1.00 bits per heavy atom. The van der Waals surface area contributed by atoms with Crippen molar-refractivity contribution in [3.63, 3.8) is 0 Å². The van der Waals surface area contributed by atoms with Crippen LogP contribution in [-0.4, -0.2) is 23.7 Å². The van der Waals surface area contributed by atoms with Gasteiger partial charge in [-0.3, -0.25) is 4.79 Å². The third-order valence-corrected chi connectivity index (χ3v) is 5.35. The van der Waals surface area contributed by atoms with Gasteiger partial charge >= 0.3 is 0 Å². The van der Waals surface area contributed by atoms with E-state index in [1.165, 1.54) is 0 Å². The third-order valence-electron chi connectivity index (χ3n) is 4.82. The fourth-order valence-corrected chi connectivity index (χ4v) is 3.58. The molecule has 0 aromatic heterocycles. The number of rotatable bonds is 4. The molecule has 1 atom stereocenters. The number of amides is 1. The van der Waals surface area contributed by atoms with Gasteiger partial charge in [-0.05, 0) is 59.7 Å². The first-order valence-corrected chi connectivity index (χ1v) is 9.81. The van der Waals surface area contributed by atoms with Crippen LogP contribution in [0.3, 0.4) is 0 Å². The lowest BCUT2D eigenvalue weighted by Crippen LogP contribution is -2.27. The maximum Gasteiger partial charge on any atom is 0.274 e. The number of carbonyl (C=O) groups is 1. The molecule has 0 bridgehead atoms. The monoisotopic (exact) mass is 434 g/mol. The Labute approximate surface area is 172 Å². The summed E-state index contributed by atoms with van der Waals surface area (Å²) < 4.78 is 6.18. The summed E-state index contributed by atoms with van der Waals surface area (Å²) in [5.41, 5.74) is 3.57. The highest BCUT2D eigenvalue weighted by Crippen LogP contribution is 2.34. The van der Waals surface area contributed by atoms with Gasteiger partial charge in [0.15, 0.2) is 0 Å². The van der Waals surface area contributed by atoms with Crippen molar-refractivity contribution in [3.05, 3.63) is 100 Å². The summed E-state index contributed by atoms with van der Waals surface area (Å²) in [6, 6.07) is 25.1. The van der Waals surface area contributed by atoms with Crippen LogP contribution in [0.5, 0.6) is 5.75 Å². The maximum atomic E-state index is 13.2. The van der Waals surface area contributed by atoms with Crippen molar-refractivity contribution in [2.45, 2.75) is 12.5 Å². The molecular formula is C23H19BrN2O2. The van der Waals surface area contributed by atoms with Crippen LogP contribution in [0.4, 0.5) is 0 Å². The van der Waals surface area contributed by atoms with E-state index >= 15 is 0 Å². The molecule has 5 heteroatoms. The summed E-state index contributed by atoms with van der Waals surface area (Å²) in [7, 11) is 1.64. The van der Waals surface area contributed by atoms with Crippen LogP contribution < -0.4 is 4.74 Å². The smallest absolute Gasteiger partial charge is 0.274 e. The van der Waals surface area contributed by atoms with E-state index in [4.69, 9.17) is 9.84 Å². The van der Waals surface area contributed by atoms with E-state index in [-0.39, 0.29) is 11.9 Å². The van der Waals surface area contributed by atoms with Crippen LogP contribution in [0.15, 0.2) is 88.4 Å². The van der Waals surface area contributed by atoms with Gasteiger partial charge in [-0.15, -0.1) is 0 Å². The number of benzene rings is 3. The van der Waals surface area contributed by atoms with Crippen molar-refractivity contribution in [2.24, 2.45) is 5.10 Å². The topological polar surface area (TPSA) is 41.9 Å². The van der Waals surface area contributed by atoms with Gasteiger partial charge in [-0.1, -0.05) is 46.3 Å². The summed E-state index contributed by atoms with van der Waals surface area (Å²) in [6.45, 7) is 0. The van der Waals surface area contributed by atoms with Gasteiger partial charge in [-0.2, -0.15) is 5.10 Å². The van der Waals surface area contributed by atoms with Crippen LogP contribution in [-0.2, 0) is 0 Å². The van der Waals surface area contributed by atoms with Crippen molar-refractivity contribution in [1.29, 1.82) is 0 Å². The highest BCUT2D eigenvalue weighted by molar-refractivity contribution is 9.10. The summed E-state index contributed by atoms with van der Waals surface area (Å²) in [6.07, 6.45) is 0.665. The average Bonchev–Trinajstić information content (AvgIpc) is 3.20. The number of hydrogen-bond acceptors (Lipinski definition) is 3. The van der Waals surface area contributed by atoms with Crippen molar-refractivity contribution >= 4 is 27.5 Å². The molecule has 0 fully saturated rings. The number of carbonyl (C=O) groups excluding carboxylic acids is 1. The van der Waals surface area contributed by atoms with E-state index in [2.05, 4.69) is 15.9 Å². The van der Waals surface area contributed by atoms with E-state index in [0.29, 0.717) is 12.0 Å². The first-order chi connectivity index (χ1) is 13.7. The van der Waals surface area contributed by atoms with Crippen molar-refractivity contribution in [3.8, 4) is 5.75 Å². The van der Waals surface area contributed by atoms with Gasteiger partial charge in [0.2, 0.25) is 0 Å². The van der Waals surface area contributed by atoms with Gasteiger partial charge in [0.05, 0.1) is 18.9 Å². The van der Waals surface area contributed by atoms with Crippen molar-refractivity contribution in [2.75, 3.05) is 7.11 Å². The Morgan fingerprint density at radius 2 is 1.68 bits per heavy atom. The van der Waals surface area contributed by atoms with E-state index in [0.717, 1.165) is 27.1 Å². The fraction of sp³-hybridized carbons (Fsp3) is 0.130. The van der Waals surface area contributed by atoms with E-state index in [9.17, 15) is 4.79 Å². The zero-order valence-corrected chi connectivity index (χ0v) is 17.0. The average molecular weight is 435 g/mol. The molecule has 4 rings (SSSR count). The van der Waals surface area contributed by atoms with E-state index in [1.807, 2.05) is 78.9 Å². The molecule has 0 spiro atoms. The quantitative estimate of drug-likeness (QED) is 0.547. The van der Waals surface area contributed by atoms with Crippen molar-refractivity contribution < 1.29 is 9.53 Å². The van der Waals surface area contributed by atoms with Crippen molar-refractivity contribution in [1.82, 2.24) is 5.01 Å². The van der Waals surface area contributed by atoms with Gasteiger partial charge in [0, 0.05) is 16.5 Å². The van der Waals surface area contributed by atoms with Crippen LogP contribution in [0.2, 0.25) is 0 Å². The highest BCUT2D eigenvalue weighted by Gasteiger charge is 2.33. The minimum absolute atomic E-state index is 0.107. The number of halogens is 1. The first kappa shape index (κ1) is 18.4. The number of hydrazone groups is 1.